The fraction of sp³-hybridized carbons (Fsp3) is 0.500. The van der Waals surface area contributed by atoms with E-state index in [0.29, 0.717) is 12.5 Å². The third kappa shape index (κ3) is 5.68. The molecule has 0 saturated carbocycles. The molecule has 0 spiro atoms. The van der Waals surface area contributed by atoms with Gasteiger partial charge in [0.25, 0.3) is 5.91 Å². The van der Waals surface area contributed by atoms with Gasteiger partial charge in [-0.15, -0.1) is 0 Å². The van der Waals surface area contributed by atoms with Crippen LogP contribution in [0.3, 0.4) is 0 Å². The minimum atomic E-state index is -0.0808. The Morgan fingerprint density at radius 1 is 1.39 bits per heavy atom. The van der Waals surface area contributed by atoms with Crippen molar-refractivity contribution in [3.05, 3.63) is 29.8 Å². The summed E-state index contributed by atoms with van der Waals surface area (Å²) >= 11 is 0. The number of nitrogens with one attached hydrogen (secondary N) is 2. The van der Waals surface area contributed by atoms with Crippen LogP contribution in [0.25, 0.3) is 0 Å². The lowest BCUT2D eigenvalue weighted by Crippen LogP contribution is -2.31. The smallest absolute Gasteiger partial charge is 0.257 e. The Morgan fingerprint density at radius 3 is 2.83 bits per heavy atom. The van der Waals surface area contributed by atoms with Gasteiger partial charge in [0, 0.05) is 13.1 Å². The van der Waals surface area contributed by atoms with E-state index in [-0.39, 0.29) is 12.5 Å². The number of rotatable bonds is 7. The second-order valence-corrected chi connectivity index (χ2v) is 4.66. The summed E-state index contributed by atoms with van der Waals surface area (Å²) < 4.78 is 5.45. The second-order valence-electron chi connectivity index (χ2n) is 4.66. The number of hydrogen-bond acceptors (Lipinski definition) is 3. The molecule has 4 nitrogen and oxygen atoms in total. The highest BCUT2D eigenvalue weighted by molar-refractivity contribution is 5.77. The molecule has 0 fully saturated rings. The minimum Gasteiger partial charge on any atom is -0.484 e. The van der Waals surface area contributed by atoms with Crippen LogP contribution in [0.2, 0.25) is 0 Å². The average molecular weight is 250 g/mol. The maximum absolute atomic E-state index is 11.5. The summed E-state index contributed by atoms with van der Waals surface area (Å²) in [5.74, 6) is 1.10. The third-order valence-corrected chi connectivity index (χ3v) is 2.36. The first kappa shape index (κ1) is 14.5. The van der Waals surface area contributed by atoms with Gasteiger partial charge in [0.05, 0.1) is 0 Å². The summed E-state index contributed by atoms with van der Waals surface area (Å²) in [5, 5.41) is 5.89. The van der Waals surface area contributed by atoms with Crippen LogP contribution in [0.15, 0.2) is 24.3 Å². The molecule has 0 bridgehead atoms. The lowest BCUT2D eigenvalue weighted by molar-refractivity contribution is -0.123. The molecular formula is C14H22N2O2. The van der Waals surface area contributed by atoms with Crippen molar-refractivity contribution < 1.29 is 9.53 Å². The number of ether oxygens (including phenoxy) is 1. The average Bonchev–Trinajstić information content (AvgIpc) is 2.35. The van der Waals surface area contributed by atoms with Crippen LogP contribution < -0.4 is 15.4 Å². The van der Waals surface area contributed by atoms with E-state index in [1.807, 2.05) is 31.3 Å². The number of carbonyl (C=O) groups is 1. The molecule has 0 radical (unpaired) electrons. The maximum Gasteiger partial charge on any atom is 0.257 e. The van der Waals surface area contributed by atoms with Gasteiger partial charge in [0.1, 0.15) is 5.75 Å². The Kier molecular flexibility index (Phi) is 6.22. The monoisotopic (exact) mass is 250 g/mol. The van der Waals surface area contributed by atoms with Gasteiger partial charge in [-0.2, -0.15) is 0 Å². The summed E-state index contributed by atoms with van der Waals surface area (Å²) in [6.45, 7) is 5.65. The largest absolute Gasteiger partial charge is 0.484 e. The molecule has 18 heavy (non-hydrogen) atoms. The molecule has 0 unspecified atom stereocenters. The van der Waals surface area contributed by atoms with E-state index >= 15 is 0 Å². The fourth-order valence-corrected chi connectivity index (χ4v) is 1.47. The van der Waals surface area contributed by atoms with Crippen molar-refractivity contribution in [3.8, 4) is 5.75 Å². The van der Waals surface area contributed by atoms with Crippen molar-refractivity contribution >= 4 is 5.91 Å². The van der Waals surface area contributed by atoms with Crippen LogP contribution >= 0.6 is 0 Å². The van der Waals surface area contributed by atoms with E-state index in [0.717, 1.165) is 17.9 Å². The van der Waals surface area contributed by atoms with Crippen molar-refractivity contribution in [2.75, 3.05) is 20.2 Å². The van der Waals surface area contributed by atoms with E-state index in [1.165, 1.54) is 0 Å². The van der Waals surface area contributed by atoms with E-state index < -0.39 is 0 Å². The van der Waals surface area contributed by atoms with E-state index in [1.54, 1.807) is 0 Å². The van der Waals surface area contributed by atoms with Crippen LogP contribution in [-0.4, -0.2) is 26.1 Å². The normalized spacial score (nSPS) is 10.4. The van der Waals surface area contributed by atoms with Crippen LogP contribution in [-0.2, 0) is 11.3 Å². The summed E-state index contributed by atoms with van der Waals surface area (Å²) in [7, 11) is 1.90. The first-order chi connectivity index (χ1) is 8.61. The molecule has 1 aromatic carbocycles. The van der Waals surface area contributed by atoms with Crippen LogP contribution in [0, 0.1) is 5.92 Å². The minimum absolute atomic E-state index is 0.0652. The first-order valence-electron chi connectivity index (χ1n) is 6.25. The second kappa shape index (κ2) is 7.71. The predicted octanol–water partition coefficient (Wildman–Crippen LogP) is 1.56. The molecule has 0 saturated heterocycles. The highest BCUT2D eigenvalue weighted by Crippen LogP contribution is 2.12. The molecule has 0 heterocycles. The Morgan fingerprint density at radius 2 is 2.17 bits per heavy atom. The molecule has 0 aliphatic heterocycles. The zero-order valence-electron chi connectivity index (χ0n) is 11.3. The van der Waals surface area contributed by atoms with Crippen molar-refractivity contribution in [3.63, 3.8) is 0 Å². The van der Waals surface area contributed by atoms with Gasteiger partial charge in [-0.3, -0.25) is 4.79 Å². The molecule has 2 N–H and O–H groups in total. The Balaban J connectivity index is 2.38. The molecule has 0 atom stereocenters. The number of amides is 1. The van der Waals surface area contributed by atoms with Crippen molar-refractivity contribution in [2.45, 2.75) is 20.4 Å². The topological polar surface area (TPSA) is 50.4 Å². The van der Waals surface area contributed by atoms with E-state index in [2.05, 4.69) is 24.5 Å². The molecule has 4 heteroatoms. The van der Waals surface area contributed by atoms with Crippen LogP contribution in [0.1, 0.15) is 19.4 Å². The molecule has 0 aliphatic carbocycles. The van der Waals surface area contributed by atoms with Crippen molar-refractivity contribution in [2.24, 2.45) is 5.92 Å². The molecule has 1 aromatic rings. The summed E-state index contributed by atoms with van der Waals surface area (Å²) in [6, 6.07) is 7.73. The van der Waals surface area contributed by atoms with E-state index in [9.17, 15) is 4.79 Å². The van der Waals surface area contributed by atoms with Gasteiger partial charge in [0.15, 0.2) is 6.61 Å². The summed E-state index contributed by atoms with van der Waals surface area (Å²) in [6.07, 6.45) is 0. The standard InChI is InChI=1S/C14H22N2O2/c1-11(2)8-16-14(17)10-18-13-6-4-5-12(7-13)9-15-3/h4-7,11,15H,8-10H2,1-3H3,(H,16,17). The zero-order valence-corrected chi connectivity index (χ0v) is 11.3. The molecule has 0 aliphatic rings. The first-order valence-corrected chi connectivity index (χ1v) is 6.25. The lowest BCUT2D eigenvalue weighted by atomic mass is 10.2. The van der Waals surface area contributed by atoms with Gasteiger partial charge in [-0.1, -0.05) is 26.0 Å². The van der Waals surface area contributed by atoms with Gasteiger partial charge >= 0.3 is 0 Å². The Bertz CT molecular complexity index is 378. The maximum atomic E-state index is 11.5. The van der Waals surface area contributed by atoms with Crippen LogP contribution in [0.5, 0.6) is 5.75 Å². The number of benzene rings is 1. The van der Waals surface area contributed by atoms with Gasteiger partial charge in [-0.05, 0) is 30.7 Å². The molecule has 1 amide bonds. The lowest BCUT2D eigenvalue weighted by Gasteiger charge is -2.10. The molecule has 1 rings (SSSR count). The highest BCUT2D eigenvalue weighted by atomic mass is 16.5. The van der Waals surface area contributed by atoms with Gasteiger partial charge < -0.3 is 15.4 Å². The Hall–Kier alpha value is -1.55. The fourth-order valence-electron chi connectivity index (χ4n) is 1.47. The van der Waals surface area contributed by atoms with Gasteiger partial charge in [0.2, 0.25) is 0 Å². The van der Waals surface area contributed by atoms with Crippen molar-refractivity contribution in [1.29, 1.82) is 0 Å². The zero-order chi connectivity index (χ0) is 13.4. The highest BCUT2D eigenvalue weighted by Gasteiger charge is 2.03. The summed E-state index contributed by atoms with van der Waals surface area (Å²) in [5.41, 5.74) is 1.14. The number of hydrogen-bond donors (Lipinski definition) is 2. The molecular weight excluding hydrogens is 228 g/mol. The van der Waals surface area contributed by atoms with Crippen LogP contribution in [0.4, 0.5) is 0 Å². The van der Waals surface area contributed by atoms with Gasteiger partial charge in [-0.25, -0.2) is 0 Å². The molecule has 100 valence electrons. The Labute approximate surface area is 109 Å². The quantitative estimate of drug-likeness (QED) is 0.772. The number of carbonyl (C=O) groups excluding carboxylic acids is 1. The van der Waals surface area contributed by atoms with Crippen molar-refractivity contribution in [1.82, 2.24) is 10.6 Å². The molecule has 0 aromatic heterocycles. The van der Waals surface area contributed by atoms with E-state index in [4.69, 9.17) is 4.74 Å². The summed E-state index contributed by atoms with van der Waals surface area (Å²) in [4.78, 5) is 11.5. The third-order valence-electron chi connectivity index (χ3n) is 2.36. The SMILES string of the molecule is CNCc1cccc(OCC(=O)NCC(C)C)c1. The predicted molar refractivity (Wildman–Crippen MR) is 72.5 cm³/mol.